The van der Waals surface area contributed by atoms with Crippen molar-refractivity contribution in [2.24, 2.45) is 0 Å². The van der Waals surface area contributed by atoms with Gasteiger partial charge in [-0.1, -0.05) is 0 Å². The first kappa shape index (κ1) is 21.1. The number of anilines is 1. The van der Waals surface area contributed by atoms with E-state index in [0.29, 0.717) is 5.92 Å². The van der Waals surface area contributed by atoms with Crippen molar-refractivity contribution in [3.05, 3.63) is 95.7 Å². The second-order valence-electron chi connectivity index (χ2n) is 8.56. The van der Waals surface area contributed by atoms with Crippen molar-refractivity contribution in [2.75, 3.05) is 25.1 Å². The Morgan fingerprint density at radius 1 is 1.00 bits per heavy atom. The number of aryl methyl sites for hydroxylation is 1. The van der Waals surface area contributed by atoms with Crippen molar-refractivity contribution in [3.8, 4) is 5.75 Å². The van der Waals surface area contributed by atoms with Gasteiger partial charge < -0.3 is 0 Å². The number of hydrogen-bond acceptors (Lipinski definition) is 3. The topological polar surface area (TPSA) is 25.4 Å². The molecule has 1 saturated heterocycles. The van der Waals surface area contributed by atoms with Crippen LogP contribution < -0.4 is 14.0 Å². The maximum atomic E-state index is 5.29. The standard InChI is InChI=1S/C28H29AsN2O/c1-20-16-28(31-15-14-23(19-31)22-6-4-3-5-7-22)26-17-24(10-13-27(26)30-20)29-18-21-8-11-25(32-2)12-9-21/h3-13,16-17,23,29H,14-15,18-19H2,1-2H3. The molecule has 0 aliphatic carbocycles. The van der Waals surface area contributed by atoms with Crippen LogP contribution in [0, 0.1) is 6.92 Å². The molecule has 0 amide bonds. The summed E-state index contributed by atoms with van der Waals surface area (Å²) < 4.78 is 6.77. The Labute approximate surface area is 197 Å². The Hall–Kier alpha value is -2.77. The molecule has 1 aliphatic heterocycles. The van der Waals surface area contributed by atoms with Gasteiger partial charge in [0.1, 0.15) is 0 Å². The van der Waals surface area contributed by atoms with E-state index in [1.54, 1.807) is 7.11 Å². The van der Waals surface area contributed by atoms with E-state index in [9.17, 15) is 0 Å². The first-order chi connectivity index (χ1) is 15.7. The fourth-order valence-electron chi connectivity index (χ4n) is 4.63. The molecular formula is C28H29AsN2O. The molecule has 2 heterocycles. The Morgan fingerprint density at radius 2 is 1.81 bits per heavy atom. The van der Waals surface area contributed by atoms with Gasteiger partial charge in [0.05, 0.1) is 0 Å². The molecule has 162 valence electrons. The molecule has 1 fully saturated rings. The average Bonchev–Trinajstić information content (AvgIpc) is 3.33. The molecule has 1 aliphatic rings. The van der Waals surface area contributed by atoms with Crippen LogP contribution in [0.2, 0.25) is 0 Å². The summed E-state index contributed by atoms with van der Waals surface area (Å²) in [5, 5.41) is 2.45. The van der Waals surface area contributed by atoms with Gasteiger partial charge in [0.25, 0.3) is 0 Å². The van der Waals surface area contributed by atoms with Gasteiger partial charge in [-0.25, -0.2) is 0 Å². The molecule has 1 aromatic heterocycles. The molecule has 2 unspecified atom stereocenters. The van der Waals surface area contributed by atoms with Gasteiger partial charge in [0.2, 0.25) is 0 Å². The number of aromatic nitrogens is 1. The third-order valence-electron chi connectivity index (χ3n) is 6.37. The van der Waals surface area contributed by atoms with Crippen molar-refractivity contribution >= 4 is 36.7 Å². The first-order valence-electron chi connectivity index (χ1n) is 11.3. The van der Waals surface area contributed by atoms with Crippen LogP contribution in [0.1, 0.15) is 29.2 Å². The predicted octanol–water partition coefficient (Wildman–Crippen LogP) is 4.81. The molecule has 3 aromatic carbocycles. The van der Waals surface area contributed by atoms with Crippen LogP contribution in [-0.2, 0) is 5.21 Å². The molecule has 2 atom stereocenters. The quantitative estimate of drug-likeness (QED) is 0.368. The zero-order chi connectivity index (χ0) is 21.9. The molecule has 4 heteroatoms. The van der Waals surface area contributed by atoms with Crippen molar-refractivity contribution in [1.29, 1.82) is 0 Å². The number of hydrogen-bond donors (Lipinski definition) is 0. The van der Waals surface area contributed by atoms with Crippen LogP contribution in [0.25, 0.3) is 10.9 Å². The zero-order valence-electron chi connectivity index (χ0n) is 18.7. The Morgan fingerprint density at radius 3 is 2.59 bits per heavy atom. The Kier molecular flexibility index (Phi) is 6.18. The van der Waals surface area contributed by atoms with Crippen LogP contribution in [0.5, 0.6) is 5.75 Å². The number of fused-ring (bicyclic) bond motifs is 1. The zero-order valence-corrected chi connectivity index (χ0v) is 20.8. The van der Waals surface area contributed by atoms with Crippen LogP contribution in [0.3, 0.4) is 0 Å². The van der Waals surface area contributed by atoms with Gasteiger partial charge >= 0.3 is 197 Å². The second kappa shape index (κ2) is 9.38. The minimum atomic E-state index is -0.261. The number of rotatable bonds is 6. The summed E-state index contributed by atoms with van der Waals surface area (Å²) in [5.74, 6) is 1.52. The maximum absolute atomic E-state index is 5.29. The van der Waals surface area contributed by atoms with E-state index in [4.69, 9.17) is 9.72 Å². The fraction of sp³-hybridized carbons (Fsp3) is 0.250. The third-order valence-corrected chi connectivity index (χ3v) is 9.11. The van der Waals surface area contributed by atoms with E-state index in [1.165, 1.54) is 33.0 Å². The van der Waals surface area contributed by atoms with E-state index in [0.717, 1.165) is 35.3 Å². The number of benzene rings is 3. The van der Waals surface area contributed by atoms with Crippen LogP contribution in [-0.4, -0.2) is 40.9 Å². The number of nitrogens with zero attached hydrogens (tertiary/aromatic N) is 2. The van der Waals surface area contributed by atoms with Crippen LogP contribution in [0.15, 0.2) is 78.9 Å². The molecule has 0 saturated carbocycles. The van der Waals surface area contributed by atoms with Gasteiger partial charge in [-0.3, -0.25) is 0 Å². The average molecular weight is 484 g/mol. The number of ether oxygens (including phenoxy) is 1. The SMILES string of the molecule is COc1ccc(C[AsH]c2ccc3nc(C)cc(N4CCC(c5ccccc5)C4)c3c2)cc1. The predicted molar refractivity (Wildman–Crippen MR) is 136 cm³/mol. The fourth-order valence-corrected chi connectivity index (χ4v) is 6.92. The summed E-state index contributed by atoms with van der Waals surface area (Å²) in [5.41, 5.74) is 6.40. The molecule has 4 aromatic rings. The van der Waals surface area contributed by atoms with Crippen molar-refractivity contribution in [3.63, 3.8) is 0 Å². The van der Waals surface area contributed by atoms with Gasteiger partial charge in [0, 0.05) is 0 Å². The molecular weight excluding hydrogens is 455 g/mol. The van der Waals surface area contributed by atoms with E-state index < -0.39 is 0 Å². The molecule has 32 heavy (non-hydrogen) atoms. The minimum absolute atomic E-state index is 0.261. The van der Waals surface area contributed by atoms with E-state index in [2.05, 4.69) is 90.7 Å². The van der Waals surface area contributed by atoms with Gasteiger partial charge in [-0.2, -0.15) is 0 Å². The van der Waals surface area contributed by atoms with Gasteiger partial charge in [-0.05, 0) is 0 Å². The van der Waals surface area contributed by atoms with Crippen LogP contribution >= 0.6 is 0 Å². The summed E-state index contributed by atoms with van der Waals surface area (Å²) >= 11 is -0.261. The summed E-state index contributed by atoms with van der Waals surface area (Å²) in [6, 6.07) is 28.7. The third kappa shape index (κ3) is 4.54. The molecule has 0 spiro atoms. The monoisotopic (exact) mass is 484 g/mol. The molecule has 0 N–H and O–H groups in total. The number of methoxy groups -OCH3 is 1. The summed E-state index contributed by atoms with van der Waals surface area (Å²) in [6.45, 7) is 4.29. The Balaban J connectivity index is 1.39. The van der Waals surface area contributed by atoms with Crippen molar-refractivity contribution < 1.29 is 4.74 Å². The van der Waals surface area contributed by atoms with E-state index in [-0.39, 0.29) is 15.8 Å². The Bertz CT molecular complexity index is 1210. The van der Waals surface area contributed by atoms with Gasteiger partial charge in [0.15, 0.2) is 0 Å². The first-order valence-corrected chi connectivity index (χ1v) is 13.8. The van der Waals surface area contributed by atoms with Crippen molar-refractivity contribution in [1.82, 2.24) is 4.98 Å². The molecule has 5 rings (SSSR count). The molecule has 0 radical (unpaired) electrons. The number of pyridine rings is 1. The summed E-state index contributed by atoms with van der Waals surface area (Å²) in [7, 11) is 1.72. The molecule has 3 nitrogen and oxygen atoms in total. The van der Waals surface area contributed by atoms with E-state index in [1.807, 2.05) is 0 Å². The van der Waals surface area contributed by atoms with Gasteiger partial charge in [-0.15, -0.1) is 0 Å². The van der Waals surface area contributed by atoms with Crippen molar-refractivity contribution in [2.45, 2.75) is 24.5 Å². The molecule has 0 bridgehead atoms. The normalized spacial score (nSPS) is 16.3. The summed E-state index contributed by atoms with van der Waals surface area (Å²) in [6.07, 6.45) is 1.21. The second-order valence-corrected chi connectivity index (χ2v) is 11.3. The van der Waals surface area contributed by atoms with Crippen LogP contribution in [0.4, 0.5) is 5.69 Å². The summed E-state index contributed by atoms with van der Waals surface area (Å²) in [4.78, 5) is 7.41. The van der Waals surface area contributed by atoms with E-state index >= 15 is 0 Å².